The topological polar surface area (TPSA) is 38.9 Å². The molecule has 2 nitrogen and oxygen atoms in total. The van der Waals surface area contributed by atoms with E-state index < -0.39 is 11.6 Å². The number of anilines is 1. The van der Waals surface area contributed by atoms with Gasteiger partial charge in [-0.05, 0) is 12.1 Å². The van der Waals surface area contributed by atoms with Crippen LogP contribution in [0.4, 0.5) is 14.5 Å². The summed E-state index contributed by atoms with van der Waals surface area (Å²) in [5.41, 5.74) is 6.54. The van der Waals surface area contributed by atoms with Crippen LogP contribution in [-0.2, 0) is 0 Å². The molecule has 2 aromatic rings. The maximum Gasteiger partial charge on any atom is 0.166 e. The number of benzene rings is 1. The van der Waals surface area contributed by atoms with E-state index in [1.807, 2.05) is 0 Å². The molecule has 4 heteroatoms. The molecule has 0 aliphatic heterocycles. The van der Waals surface area contributed by atoms with Crippen molar-refractivity contribution >= 4 is 5.69 Å². The zero-order valence-corrected chi connectivity index (χ0v) is 7.74. The van der Waals surface area contributed by atoms with Crippen molar-refractivity contribution in [2.24, 2.45) is 0 Å². The van der Waals surface area contributed by atoms with Crippen molar-refractivity contribution < 1.29 is 8.78 Å². The lowest BCUT2D eigenvalue weighted by molar-refractivity contribution is 0.511. The summed E-state index contributed by atoms with van der Waals surface area (Å²) in [5, 5.41) is 0. The average Bonchev–Trinajstić information content (AvgIpc) is 2.23. The van der Waals surface area contributed by atoms with Gasteiger partial charge >= 0.3 is 0 Å². The molecule has 0 saturated carbocycles. The Kier molecular flexibility index (Phi) is 2.33. The fourth-order valence-corrected chi connectivity index (χ4v) is 1.36. The van der Waals surface area contributed by atoms with Crippen molar-refractivity contribution in [3.63, 3.8) is 0 Å². The standard InChI is InChI=1S/C11H8F2N2/c12-9-3-1-2-8(11(9)13)7-4-5-15-6-10(7)14/h1-6H,14H2. The fourth-order valence-electron chi connectivity index (χ4n) is 1.36. The van der Waals surface area contributed by atoms with Crippen molar-refractivity contribution in [2.45, 2.75) is 0 Å². The molecule has 1 aromatic heterocycles. The third-order valence-corrected chi connectivity index (χ3v) is 2.09. The molecule has 0 fully saturated rings. The molecule has 0 spiro atoms. The number of nitrogens with two attached hydrogens (primary N) is 1. The summed E-state index contributed by atoms with van der Waals surface area (Å²) >= 11 is 0. The van der Waals surface area contributed by atoms with Crippen LogP contribution in [0.15, 0.2) is 36.7 Å². The van der Waals surface area contributed by atoms with E-state index in [2.05, 4.69) is 4.98 Å². The third-order valence-electron chi connectivity index (χ3n) is 2.09. The summed E-state index contributed by atoms with van der Waals surface area (Å²) in [6.07, 6.45) is 2.88. The van der Waals surface area contributed by atoms with Gasteiger partial charge in [0.25, 0.3) is 0 Å². The lowest BCUT2D eigenvalue weighted by Gasteiger charge is -2.06. The van der Waals surface area contributed by atoms with E-state index in [-0.39, 0.29) is 5.56 Å². The normalized spacial score (nSPS) is 10.3. The second-order valence-corrected chi connectivity index (χ2v) is 3.06. The molecule has 0 amide bonds. The van der Waals surface area contributed by atoms with Gasteiger partial charge in [-0.2, -0.15) is 0 Å². The molecule has 1 aromatic carbocycles. The minimum absolute atomic E-state index is 0.148. The number of pyridine rings is 1. The lowest BCUT2D eigenvalue weighted by atomic mass is 10.1. The van der Waals surface area contributed by atoms with Gasteiger partial charge < -0.3 is 5.73 Å². The minimum Gasteiger partial charge on any atom is -0.397 e. The first-order valence-corrected chi connectivity index (χ1v) is 4.34. The molecule has 76 valence electrons. The second-order valence-electron chi connectivity index (χ2n) is 3.06. The highest BCUT2D eigenvalue weighted by atomic mass is 19.2. The van der Waals surface area contributed by atoms with E-state index in [1.165, 1.54) is 24.5 Å². The molecule has 0 saturated heterocycles. The van der Waals surface area contributed by atoms with Crippen LogP contribution in [0.25, 0.3) is 11.1 Å². The Labute approximate surface area is 85.4 Å². The van der Waals surface area contributed by atoms with Gasteiger partial charge in [-0.3, -0.25) is 4.98 Å². The Morgan fingerprint density at radius 2 is 1.87 bits per heavy atom. The van der Waals surface area contributed by atoms with Gasteiger partial charge in [-0.15, -0.1) is 0 Å². The summed E-state index contributed by atoms with van der Waals surface area (Å²) in [4.78, 5) is 3.78. The summed E-state index contributed by atoms with van der Waals surface area (Å²) in [6, 6.07) is 5.53. The number of nitrogen functional groups attached to an aromatic ring is 1. The van der Waals surface area contributed by atoms with Crippen LogP contribution in [0, 0.1) is 11.6 Å². The summed E-state index contributed by atoms with van der Waals surface area (Å²) < 4.78 is 26.4. The fraction of sp³-hybridized carbons (Fsp3) is 0. The molecule has 2 rings (SSSR count). The molecule has 1 heterocycles. The van der Waals surface area contributed by atoms with Crippen LogP contribution < -0.4 is 5.73 Å². The Balaban J connectivity index is 2.65. The number of aromatic nitrogens is 1. The maximum absolute atomic E-state index is 13.4. The van der Waals surface area contributed by atoms with Gasteiger partial charge in [0.15, 0.2) is 11.6 Å². The van der Waals surface area contributed by atoms with Crippen molar-refractivity contribution in [3.05, 3.63) is 48.3 Å². The van der Waals surface area contributed by atoms with Crippen molar-refractivity contribution in [3.8, 4) is 11.1 Å². The average molecular weight is 206 g/mol. The molecule has 0 unspecified atom stereocenters. The maximum atomic E-state index is 13.4. The van der Waals surface area contributed by atoms with Gasteiger partial charge in [0.2, 0.25) is 0 Å². The largest absolute Gasteiger partial charge is 0.397 e. The molecule has 0 atom stereocenters. The first kappa shape index (κ1) is 9.58. The van der Waals surface area contributed by atoms with Gasteiger partial charge in [-0.1, -0.05) is 12.1 Å². The molecular weight excluding hydrogens is 198 g/mol. The van der Waals surface area contributed by atoms with E-state index in [4.69, 9.17) is 5.73 Å². The second kappa shape index (κ2) is 3.65. The molecule has 0 bridgehead atoms. The number of halogens is 2. The SMILES string of the molecule is Nc1cnccc1-c1cccc(F)c1F. The Morgan fingerprint density at radius 3 is 2.60 bits per heavy atom. The number of hydrogen-bond acceptors (Lipinski definition) is 2. The Bertz CT molecular complexity index is 498. The van der Waals surface area contributed by atoms with Crippen LogP contribution in [0.2, 0.25) is 0 Å². The van der Waals surface area contributed by atoms with Crippen LogP contribution >= 0.6 is 0 Å². The number of nitrogens with zero attached hydrogens (tertiary/aromatic N) is 1. The lowest BCUT2D eigenvalue weighted by Crippen LogP contribution is -1.94. The van der Waals surface area contributed by atoms with Crippen LogP contribution in [0.5, 0.6) is 0 Å². The van der Waals surface area contributed by atoms with Crippen LogP contribution in [0.3, 0.4) is 0 Å². The Morgan fingerprint density at radius 1 is 1.07 bits per heavy atom. The van der Waals surface area contributed by atoms with E-state index in [0.717, 1.165) is 6.07 Å². The molecule has 0 aliphatic rings. The van der Waals surface area contributed by atoms with Crippen molar-refractivity contribution in [1.82, 2.24) is 4.98 Å². The highest BCUT2D eigenvalue weighted by Gasteiger charge is 2.11. The van der Waals surface area contributed by atoms with Crippen molar-refractivity contribution in [2.75, 3.05) is 5.73 Å². The van der Waals surface area contributed by atoms with Gasteiger partial charge in [0.1, 0.15) is 0 Å². The third kappa shape index (κ3) is 1.66. The van der Waals surface area contributed by atoms with E-state index in [0.29, 0.717) is 11.3 Å². The van der Waals surface area contributed by atoms with Gasteiger partial charge in [-0.25, -0.2) is 8.78 Å². The first-order chi connectivity index (χ1) is 7.20. The van der Waals surface area contributed by atoms with E-state index >= 15 is 0 Å². The van der Waals surface area contributed by atoms with Gasteiger partial charge in [0, 0.05) is 17.3 Å². The zero-order valence-electron chi connectivity index (χ0n) is 7.74. The minimum atomic E-state index is -0.893. The first-order valence-electron chi connectivity index (χ1n) is 4.34. The van der Waals surface area contributed by atoms with Gasteiger partial charge in [0.05, 0.1) is 11.9 Å². The molecule has 2 N–H and O–H groups in total. The molecule has 0 aliphatic carbocycles. The highest BCUT2D eigenvalue weighted by Crippen LogP contribution is 2.28. The van der Waals surface area contributed by atoms with Crippen LogP contribution in [0.1, 0.15) is 0 Å². The monoisotopic (exact) mass is 206 g/mol. The highest BCUT2D eigenvalue weighted by molar-refractivity contribution is 5.75. The smallest absolute Gasteiger partial charge is 0.166 e. The number of rotatable bonds is 1. The zero-order chi connectivity index (χ0) is 10.8. The molecule has 0 radical (unpaired) electrons. The summed E-state index contributed by atoms with van der Waals surface area (Å²) in [5.74, 6) is -1.78. The van der Waals surface area contributed by atoms with E-state index in [9.17, 15) is 8.78 Å². The summed E-state index contributed by atoms with van der Waals surface area (Å²) in [6.45, 7) is 0. The van der Waals surface area contributed by atoms with Crippen molar-refractivity contribution in [1.29, 1.82) is 0 Å². The number of hydrogen-bond donors (Lipinski definition) is 1. The summed E-state index contributed by atoms with van der Waals surface area (Å²) in [7, 11) is 0. The Hall–Kier alpha value is -1.97. The van der Waals surface area contributed by atoms with Crippen LogP contribution in [-0.4, -0.2) is 4.98 Å². The van der Waals surface area contributed by atoms with E-state index in [1.54, 1.807) is 6.07 Å². The predicted octanol–water partition coefficient (Wildman–Crippen LogP) is 2.61. The molecular formula is C11H8F2N2. The molecule has 15 heavy (non-hydrogen) atoms. The quantitative estimate of drug-likeness (QED) is 0.778. The predicted molar refractivity (Wildman–Crippen MR) is 54.0 cm³/mol.